The normalized spacial score (nSPS) is 16.4. The summed E-state index contributed by atoms with van der Waals surface area (Å²) in [5.41, 5.74) is 0.761. The molecule has 0 bridgehead atoms. The van der Waals surface area contributed by atoms with Crippen molar-refractivity contribution in [2.24, 2.45) is 5.92 Å². The van der Waals surface area contributed by atoms with Gasteiger partial charge in [0.05, 0.1) is 0 Å². The van der Waals surface area contributed by atoms with Gasteiger partial charge < -0.3 is 4.90 Å². The van der Waals surface area contributed by atoms with E-state index in [-0.39, 0.29) is 18.4 Å². The molecule has 100 valence electrons. The third-order valence-electron chi connectivity index (χ3n) is 3.09. The Morgan fingerprint density at radius 2 is 2.17 bits per heavy atom. The Labute approximate surface area is 107 Å². The second-order valence-corrected chi connectivity index (χ2v) is 5.35. The lowest BCUT2D eigenvalue weighted by Gasteiger charge is -2.32. The van der Waals surface area contributed by atoms with Crippen molar-refractivity contribution in [3.05, 3.63) is 22.4 Å². The Morgan fingerprint density at radius 3 is 2.61 bits per heavy atom. The lowest BCUT2D eigenvalue weighted by molar-refractivity contribution is -0.166. The van der Waals surface area contributed by atoms with Gasteiger partial charge in [-0.3, -0.25) is 4.79 Å². The highest BCUT2D eigenvalue weighted by molar-refractivity contribution is 7.07. The van der Waals surface area contributed by atoms with Crippen LogP contribution in [0, 0.1) is 5.92 Å². The van der Waals surface area contributed by atoms with Gasteiger partial charge in [-0.15, -0.1) is 0 Å². The first-order valence-electron chi connectivity index (χ1n) is 5.82. The number of alkyl halides is 3. The smallest absolute Gasteiger partial charge is 0.329 e. The minimum Gasteiger partial charge on any atom is -0.329 e. The van der Waals surface area contributed by atoms with Crippen molar-refractivity contribution in [3.63, 3.8) is 0 Å². The second kappa shape index (κ2) is 5.30. The van der Waals surface area contributed by atoms with Gasteiger partial charge in [0.2, 0.25) is 5.91 Å². The summed E-state index contributed by atoms with van der Waals surface area (Å²) in [6.45, 7) is -1.10. The van der Waals surface area contributed by atoms with Crippen molar-refractivity contribution in [2.45, 2.75) is 32.0 Å². The molecule has 1 aromatic heterocycles. The number of carbonyl (C=O) groups is 1. The molecule has 0 atom stereocenters. The molecule has 0 spiro atoms. The molecule has 1 aliphatic rings. The maximum atomic E-state index is 12.5. The van der Waals surface area contributed by atoms with E-state index in [4.69, 9.17) is 0 Å². The average Bonchev–Trinajstić information content (AvgIpc) is 2.64. The van der Waals surface area contributed by atoms with Gasteiger partial charge in [0.15, 0.2) is 0 Å². The van der Waals surface area contributed by atoms with Crippen molar-refractivity contribution in [1.82, 2.24) is 4.90 Å². The van der Waals surface area contributed by atoms with Crippen molar-refractivity contribution in [3.8, 4) is 0 Å². The first-order chi connectivity index (χ1) is 8.46. The lowest BCUT2D eigenvalue weighted by Crippen LogP contribution is -2.43. The van der Waals surface area contributed by atoms with Gasteiger partial charge in [-0.25, -0.2) is 0 Å². The van der Waals surface area contributed by atoms with E-state index in [0.717, 1.165) is 29.7 Å². The zero-order chi connectivity index (χ0) is 13.2. The maximum absolute atomic E-state index is 12.5. The number of halogens is 3. The van der Waals surface area contributed by atoms with E-state index in [1.165, 1.54) is 11.3 Å². The van der Waals surface area contributed by atoms with Crippen LogP contribution in [0.4, 0.5) is 13.2 Å². The third-order valence-corrected chi connectivity index (χ3v) is 3.82. The fraction of sp³-hybridized carbons (Fsp3) is 0.583. The maximum Gasteiger partial charge on any atom is 0.406 e. The van der Waals surface area contributed by atoms with Gasteiger partial charge in [0.25, 0.3) is 0 Å². The fourth-order valence-corrected chi connectivity index (χ4v) is 2.60. The van der Waals surface area contributed by atoms with E-state index in [1.807, 2.05) is 0 Å². The molecule has 18 heavy (non-hydrogen) atoms. The first-order valence-corrected chi connectivity index (χ1v) is 6.76. The Kier molecular flexibility index (Phi) is 3.94. The van der Waals surface area contributed by atoms with Crippen LogP contribution >= 0.6 is 11.3 Å². The summed E-state index contributed by atoms with van der Waals surface area (Å²) in [6, 6.07) is 1.75. The predicted octanol–water partition coefficient (Wildman–Crippen LogP) is 3.44. The standard InChI is InChI=1S/C12H14F3NOS/c13-12(14,15)8-16(6-9-4-5-18-7-9)11(17)10-2-1-3-10/h4-5,7,10H,1-3,6,8H2. The van der Waals surface area contributed by atoms with E-state index in [9.17, 15) is 18.0 Å². The number of hydrogen-bond acceptors (Lipinski definition) is 2. The molecule has 1 fully saturated rings. The van der Waals surface area contributed by atoms with Crippen molar-refractivity contribution in [1.29, 1.82) is 0 Å². The molecule has 0 radical (unpaired) electrons. The largest absolute Gasteiger partial charge is 0.406 e. The Bertz CT molecular complexity index is 398. The van der Waals surface area contributed by atoms with Gasteiger partial charge in [0, 0.05) is 12.5 Å². The zero-order valence-electron chi connectivity index (χ0n) is 9.74. The van der Waals surface area contributed by atoms with Gasteiger partial charge in [-0.05, 0) is 35.2 Å². The molecule has 0 saturated heterocycles. The predicted molar refractivity (Wildman–Crippen MR) is 63.1 cm³/mol. The minimum absolute atomic E-state index is 0.0539. The van der Waals surface area contributed by atoms with Crippen LogP contribution in [0.3, 0.4) is 0 Å². The zero-order valence-corrected chi connectivity index (χ0v) is 10.6. The topological polar surface area (TPSA) is 20.3 Å². The summed E-state index contributed by atoms with van der Waals surface area (Å²) in [7, 11) is 0. The van der Waals surface area contributed by atoms with Crippen LogP contribution in [0.5, 0.6) is 0 Å². The molecular weight excluding hydrogens is 263 g/mol. The van der Waals surface area contributed by atoms with E-state index < -0.39 is 12.7 Å². The second-order valence-electron chi connectivity index (χ2n) is 4.57. The molecule has 1 heterocycles. The van der Waals surface area contributed by atoms with Crippen LogP contribution in [0.25, 0.3) is 0 Å². The highest BCUT2D eigenvalue weighted by Crippen LogP contribution is 2.30. The van der Waals surface area contributed by atoms with Crippen molar-refractivity contribution < 1.29 is 18.0 Å². The number of carbonyl (C=O) groups excluding carboxylic acids is 1. The summed E-state index contributed by atoms with van der Waals surface area (Å²) < 4.78 is 37.5. The Balaban J connectivity index is 2.04. The number of rotatable bonds is 4. The monoisotopic (exact) mass is 277 g/mol. The molecule has 0 N–H and O–H groups in total. The molecule has 2 rings (SSSR count). The summed E-state index contributed by atoms with van der Waals surface area (Å²) in [5, 5.41) is 3.58. The minimum atomic E-state index is -4.34. The Hall–Kier alpha value is -1.04. The molecular formula is C12H14F3NOS. The molecule has 2 nitrogen and oxygen atoms in total. The quantitative estimate of drug-likeness (QED) is 0.825. The number of hydrogen-bond donors (Lipinski definition) is 0. The molecule has 0 unspecified atom stereocenters. The van der Waals surface area contributed by atoms with Crippen LogP contribution in [-0.4, -0.2) is 23.5 Å². The van der Waals surface area contributed by atoms with Crippen LogP contribution in [-0.2, 0) is 11.3 Å². The molecule has 0 aliphatic heterocycles. The molecule has 1 aliphatic carbocycles. The summed E-state index contributed by atoms with van der Waals surface area (Å²) in [5.74, 6) is -0.559. The van der Waals surface area contributed by atoms with E-state index in [2.05, 4.69) is 0 Å². The van der Waals surface area contributed by atoms with Crippen LogP contribution in [0.15, 0.2) is 16.8 Å². The molecule has 1 saturated carbocycles. The van der Waals surface area contributed by atoms with E-state index in [0.29, 0.717) is 0 Å². The van der Waals surface area contributed by atoms with Gasteiger partial charge in [-0.2, -0.15) is 24.5 Å². The van der Waals surface area contributed by atoms with Crippen LogP contribution in [0.2, 0.25) is 0 Å². The molecule has 1 aromatic rings. The third kappa shape index (κ3) is 3.48. The van der Waals surface area contributed by atoms with Gasteiger partial charge >= 0.3 is 6.18 Å². The summed E-state index contributed by atoms with van der Waals surface area (Å²) in [6.07, 6.45) is -1.96. The van der Waals surface area contributed by atoms with Crippen molar-refractivity contribution >= 4 is 17.2 Å². The fourth-order valence-electron chi connectivity index (χ4n) is 1.94. The van der Waals surface area contributed by atoms with Crippen LogP contribution in [0.1, 0.15) is 24.8 Å². The number of thiophene rings is 1. The number of nitrogens with zero attached hydrogens (tertiary/aromatic N) is 1. The summed E-state index contributed by atoms with van der Waals surface area (Å²) in [4.78, 5) is 12.9. The average molecular weight is 277 g/mol. The van der Waals surface area contributed by atoms with Gasteiger partial charge in [0.1, 0.15) is 6.54 Å². The first kappa shape index (κ1) is 13.4. The molecule has 1 amide bonds. The van der Waals surface area contributed by atoms with Crippen molar-refractivity contribution in [2.75, 3.05) is 6.54 Å². The van der Waals surface area contributed by atoms with Crippen LogP contribution < -0.4 is 0 Å². The number of amides is 1. The highest BCUT2D eigenvalue weighted by atomic mass is 32.1. The Morgan fingerprint density at radius 1 is 1.44 bits per heavy atom. The van der Waals surface area contributed by atoms with E-state index >= 15 is 0 Å². The molecule has 6 heteroatoms. The summed E-state index contributed by atoms with van der Waals surface area (Å²) >= 11 is 1.42. The lowest BCUT2D eigenvalue weighted by atomic mass is 9.84. The SMILES string of the molecule is O=C(C1CCC1)N(Cc1ccsc1)CC(F)(F)F. The van der Waals surface area contributed by atoms with E-state index in [1.54, 1.807) is 16.8 Å². The van der Waals surface area contributed by atoms with Gasteiger partial charge in [-0.1, -0.05) is 6.42 Å². The molecule has 0 aromatic carbocycles. The highest BCUT2D eigenvalue weighted by Gasteiger charge is 2.37.